The Morgan fingerprint density at radius 1 is 1.32 bits per heavy atom. The third-order valence-corrected chi connectivity index (χ3v) is 5.02. The summed E-state index contributed by atoms with van der Waals surface area (Å²) >= 11 is 0. The van der Waals surface area contributed by atoms with Crippen molar-refractivity contribution in [3.8, 4) is 11.3 Å². The van der Waals surface area contributed by atoms with E-state index in [2.05, 4.69) is 34.3 Å². The molecule has 0 spiro atoms. The van der Waals surface area contributed by atoms with Crippen LogP contribution in [0, 0.1) is 5.92 Å². The number of amides is 2. The molecule has 2 heterocycles. The van der Waals surface area contributed by atoms with Crippen molar-refractivity contribution in [2.75, 3.05) is 26.7 Å². The fourth-order valence-corrected chi connectivity index (χ4v) is 3.62. The van der Waals surface area contributed by atoms with Crippen LogP contribution < -0.4 is 5.32 Å². The maximum Gasteiger partial charge on any atom is 0.237 e. The normalized spacial score (nSPS) is 17.6. The van der Waals surface area contributed by atoms with E-state index in [4.69, 9.17) is 0 Å². The lowest BCUT2D eigenvalue weighted by atomic mass is 10.0. The molecule has 1 aliphatic rings. The molecule has 2 aromatic rings. The molecule has 3 rings (SSSR count). The average Bonchev–Trinajstić information content (AvgIpc) is 3.12. The van der Waals surface area contributed by atoms with E-state index in [1.54, 1.807) is 18.1 Å². The molecular formula is C21H29N5O2. The summed E-state index contributed by atoms with van der Waals surface area (Å²) in [4.78, 5) is 29.0. The molecule has 7 nitrogen and oxygen atoms in total. The Morgan fingerprint density at radius 2 is 2.07 bits per heavy atom. The van der Waals surface area contributed by atoms with Gasteiger partial charge in [-0.1, -0.05) is 44.2 Å². The van der Waals surface area contributed by atoms with Crippen LogP contribution in [0.25, 0.3) is 11.3 Å². The molecule has 1 atom stereocenters. The number of hydrogen-bond donors (Lipinski definition) is 2. The molecule has 0 saturated carbocycles. The minimum atomic E-state index is -0.399. The summed E-state index contributed by atoms with van der Waals surface area (Å²) in [5, 5.41) is 10.1. The van der Waals surface area contributed by atoms with Gasteiger partial charge < -0.3 is 10.2 Å². The summed E-state index contributed by atoms with van der Waals surface area (Å²) < 4.78 is 0. The smallest absolute Gasteiger partial charge is 0.237 e. The molecule has 1 aliphatic heterocycles. The molecule has 1 aromatic heterocycles. The number of aromatic nitrogens is 2. The number of rotatable bonds is 7. The quantitative estimate of drug-likeness (QED) is 0.765. The van der Waals surface area contributed by atoms with Crippen LogP contribution in [0.4, 0.5) is 0 Å². The van der Waals surface area contributed by atoms with Gasteiger partial charge in [-0.05, 0) is 11.5 Å². The van der Waals surface area contributed by atoms with Crippen LogP contribution in [-0.2, 0) is 16.1 Å². The predicted molar refractivity (Wildman–Crippen MR) is 108 cm³/mol. The molecule has 1 fully saturated rings. The van der Waals surface area contributed by atoms with E-state index in [0.29, 0.717) is 19.0 Å². The van der Waals surface area contributed by atoms with Crippen molar-refractivity contribution in [2.24, 2.45) is 5.92 Å². The van der Waals surface area contributed by atoms with Gasteiger partial charge in [-0.2, -0.15) is 5.10 Å². The Bertz CT molecular complexity index is 802. The topological polar surface area (TPSA) is 81.3 Å². The summed E-state index contributed by atoms with van der Waals surface area (Å²) in [6.07, 6.45) is 1.94. The zero-order chi connectivity index (χ0) is 20.1. The molecule has 2 N–H and O–H groups in total. The van der Waals surface area contributed by atoms with Gasteiger partial charge in [0.2, 0.25) is 11.8 Å². The maximum atomic E-state index is 12.9. The third kappa shape index (κ3) is 4.78. The first-order chi connectivity index (χ1) is 13.5. The number of nitrogens with zero attached hydrogens (tertiary/aromatic N) is 3. The number of aromatic amines is 1. The number of carbonyl (C=O) groups excluding carboxylic acids is 2. The van der Waals surface area contributed by atoms with Crippen molar-refractivity contribution in [3.63, 3.8) is 0 Å². The zero-order valence-electron chi connectivity index (χ0n) is 16.8. The Morgan fingerprint density at radius 3 is 2.79 bits per heavy atom. The van der Waals surface area contributed by atoms with Crippen LogP contribution in [0.15, 0.2) is 36.5 Å². The van der Waals surface area contributed by atoms with Crippen LogP contribution in [0.5, 0.6) is 0 Å². The maximum absolute atomic E-state index is 12.9. The van der Waals surface area contributed by atoms with Crippen molar-refractivity contribution in [3.05, 3.63) is 42.1 Å². The Hall–Kier alpha value is -2.67. The van der Waals surface area contributed by atoms with Crippen LogP contribution in [0.1, 0.15) is 25.8 Å². The number of piperazine rings is 1. The minimum absolute atomic E-state index is 0.0454. The van der Waals surface area contributed by atoms with Crippen molar-refractivity contribution in [2.45, 2.75) is 32.9 Å². The van der Waals surface area contributed by atoms with Crippen molar-refractivity contribution < 1.29 is 9.59 Å². The lowest BCUT2D eigenvalue weighted by molar-refractivity contribution is -0.138. The van der Waals surface area contributed by atoms with Crippen LogP contribution in [-0.4, -0.2) is 64.5 Å². The molecule has 2 amide bonds. The van der Waals surface area contributed by atoms with Crippen LogP contribution in [0.2, 0.25) is 0 Å². The van der Waals surface area contributed by atoms with E-state index < -0.39 is 6.04 Å². The fraction of sp³-hybridized carbons (Fsp3) is 0.476. The van der Waals surface area contributed by atoms with Gasteiger partial charge in [0, 0.05) is 38.8 Å². The molecule has 150 valence electrons. The van der Waals surface area contributed by atoms with E-state index in [-0.39, 0.29) is 18.2 Å². The van der Waals surface area contributed by atoms with E-state index in [0.717, 1.165) is 29.9 Å². The number of H-pyrrole nitrogens is 1. The Labute approximate surface area is 166 Å². The van der Waals surface area contributed by atoms with Crippen LogP contribution >= 0.6 is 0 Å². The molecule has 1 saturated heterocycles. The predicted octanol–water partition coefficient (Wildman–Crippen LogP) is 1.88. The lowest BCUT2D eigenvalue weighted by Crippen LogP contribution is -2.57. The van der Waals surface area contributed by atoms with E-state index in [1.165, 1.54) is 0 Å². The number of nitrogens with one attached hydrogen (secondary N) is 2. The van der Waals surface area contributed by atoms with Gasteiger partial charge in [0.25, 0.3) is 0 Å². The molecule has 0 aliphatic carbocycles. The number of carbonyl (C=O) groups is 2. The first-order valence-electron chi connectivity index (χ1n) is 9.79. The Balaban J connectivity index is 1.66. The summed E-state index contributed by atoms with van der Waals surface area (Å²) in [6.45, 7) is 6.93. The molecule has 1 aromatic carbocycles. The summed E-state index contributed by atoms with van der Waals surface area (Å²) in [5.41, 5.74) is 2.90. The largest absolute Gasteiger partial charge is 0.353 e. The van der Waals surface area contributed by atoms with Gasteiger partial charge in [-0.15, -0.1) is 0 Å². The van der Waals surface area contributed by atoms with Crippen LogP contribution in [0.3, 0.4) is 0 Å². The number of benzene rings is 1. The third-order valence-electron chi connectivity index (χ3n) is 5.02. The monoisotopic (exact) mass is 383 g/mol. The highest BCUT2D eigenvalue weighted by molar-refractivity contribution is 5.88. The fourth-order valence-electron chi connectivity index (χ4n) is 3.62. The van der Waals surface area contributed by atoms with Gasteiger partial charge in [0.15, 0.2) is 0 Å². The van der Waals surface area contributed by atoms with Gasteiger partial charge >= 0.3 is 0 Å². The van der Waals surface area contributed by atoms with Crippen molar-refractivity contribution >= 4 is 11.8 Å². The second kappa shape index (κ2) is 9.01. The highest BCUT2D eigenvalue weighted by atomic mass is 16.2. The van der Waals surface area contributed by atoms with Crippen molar-refractivity contribution in [1.82, 2.24) is 25.3 Å². The van der Waals surface area contributed by atoms with E-state index in [1.807, 2.05) is 30.3 Å². The second-order valence-corrected chi connectivity index (χ2v) is 7.79. The molecule has 0 bridgehead atoms. The lowest BCUT2D eigenvalue weighted by Gasteiger charge is -2.36. The first-order valence-corrected chi connectivity index (χ1v) is 9.79. The van der Waals surface area contributed by atoms with E-state index >= 15 is 0 Å². The molecule has 1 unspecified atom stereocenters. The highest BCUT2D eigenvalue weighted by Gasteiger charge is 2.32. The van der Waals surface area contributed by atoms with Gasteiger partial charge in [0.05, 0.1) is 24.4 Å². The standard InChI is InChI=1S/C21H29N5O2/c1-15(2)13-26-10-9-22-21(28)18(26)11-19(27)25(3)14-17-12-23-24-20(17)16-7-5-4-6-8-16/h4-8,12,15,18H,9-11,13-14H2,1-3H3,(H,22,28)(H,23,24). The van der Waals surface area contributed by atoms with Crippen molar-refractivity contribution in [1.29, 1.82) is 0 Å². The molecule has 7 heteroatoms. The second-order valence-electron chi connectivity index (χ2n) is 7.79. The first kappa shape index (κ1) is 20.1. The SMILES string of the molecule is CC(C)CN1CCNC(=O)C1CC(=O)N(C)Cc1cn[nH]c1-c1ccccc1. The average molecular weight is 383 g/mol. The summed E-state index contributed by atoms with van der Waals surface area (Å²) in [5.74, 6) is 0.346. The van der Waals surface area contributed by atoms with Gasteiger partial charge in [-0.25, -0.2) is 0 Å². The van der Waals surface area contributed by atoms with Gasteiger partial charge in [0.1, 0.15) is 0 Å². The molecule has 0 radical (unpaired) electrons. The Kier molecular flexibility index (Phi) is 6.46. The highest BCUT2D eigenvalue weighted by Crippen LogP contribution is 2.22. The molecule has 28 heavy (non-hydrogen) atoms. The van der Waals surface area contributed by atoms with E-state index in [9.17, 15) is 9.59 Å². The number of hydrogen-bond acceptors (Lipinski definition) is 4. The summed E-state index contributed by atoms with van der Waals surface area (Å²) in [7, 11) is 1.78. The zero-order valence-corrected chi connectivity index (χ0v) is 16.8. The summed E-state index contributed by atoms with van der Waals surface area (Å²) in [6, 6.07) is 9.53. The minimum Gasteiger partial charge on any atom is -0.353 e. The molecular weight excluding hydrogens is 354 g/mol. The van der Waals surface area contributed by atoms with Gasteiger partial charge in [-0.3, -0.25) is 19.6 Å².